The highest BCUT2D eigenvalue weighted by Gasteiger charge is 2.28. The SMILES string of the molecule is CCOC([Si])(CC(CC)CCl)OCC. The average Bonchev–Trinajstić information content (AvgIpc) is 2.15. The van der Waals surface area contributed by atoms with Crippen LogP contribution in [0.3, 0.4) is 0 Å². The van der Waals surface area contributed by atoms with E-state index in [4.69, 9.17) is 21.1 Å². The summed E-state index contributed by atoms with van der Waals surface area (Å²) in [5, 5.41) is 0. The second-order valence-corrected chi connectivity index (χ2v) is 4.32. The Morgan fingerprint density at radius 2 is 1.71 bits per heavy atom. The summed E-state index contributed by atoms with van der Waals surface area (Å²) in [5.74, 6) is 1.07. The van der Waals surface area contributed by atoms with Gasteiger partial charge in [0, 0.05) is 25.5 Å². The standard InChI is InChI=1S/C10H20ClO2Si/c1-4-9(8-11)7-10(14,12-5-2)13-6-3/h9H,4-8H2,1-3H3. The van der Waals surface area contributed by atoms with Crippen LogP contribution >= 0.6 is 11.6 Å². The van der Waals surface area contributed by atoms with E-state index in [0.717, 1.165) is 12.8 Å². The highest BCUT2D eigenvalue weighted by atomic mass is 35.5. The molecule has 4 heteroatoms. The fourth-order valence-electron chi connectivity index (χ4n) is 1.31. The molecule has 0 aliphatic carbocycles. The highest BCUT2D eigenvalue weighted by molar-refractivity contribution is 6.18. The van der Waals surface area contributed by atoms with Crippen LogP contribution in [0.1, 0.15) is 33.6 Å². The Bertz CT molecular complexity index is 134. The largest absolute Gasteiger partial charge is 0.355 e. The predicted octanol–water partition coefficient (Wildman–Crippen LogP) is 2.54. The van der Waals surface area contributed by atoms with Gasteiger partial charge in [0.25, 0.3) is 0 Å². The zero-order valence-electron chi connectivity index (χ0n) is 9.31. The van der Waals surface area contributed by atoms with Crippen molar-refractivity contribution in [1.82, 2.24) is 0 Å². The molecule has 1 unspecified atom stereocenters. The topological polar surface area (TPSA) is 18.5 Å². The number of hydrogen-bond donors (Lipinski definition) is 0. The molecule has 83 valence electrons. The number of hydrogen-bond acceptors (Lipinski definition) is 2. The molecule has 0 aromatic heterocycles. The molecule has 0 aromatic carbocycles. The van der Waals surface area contributed by atoms with Crippen molar-refractivity contribution in [3.63, 3.8) is 0 Å². The van der Waals surface area contributed by atoms with E-state index in [-0.39, 0.29) is 0 Å². The summed E-state index contributed by atoms with van der Waals surface area (Å²) >= 11 is 5.84. The van der Waals surface area contributed by atoms with Crippen molar-refractivity contribution >= 4 is 21.8 Å². The number of rotatable bonds is 8. The van der Waals surface area contributed by atoms with E-state index in [1.165, 1.54) is 0 Å². The summed E-state index contributed by atoms with van der Waals surface area (Å²) in [6.45, 7) is 7.28. The quantitative estimate of drug-likeness (QED) is 0.366. The van der Waals surface area contributed by atoms with Crippen LogP contribution in [0.5, 0.6) is 0 Å². The minimum atomic E-state index is -0.654. The molecule has 3 radical (unpaired) electrons. The first-order chi connectivity index (χ1) is 6.61. The number of halogens is 1. The Kier molecular flexibility index (Phi) is 7.92. The third-order valence-corrected chi connectivity index (χ3v) is 3.04. The van der Waals surface area contributed by atoms with Crippen LogP contribution in [-0.4, -0.2) is 34.7 Å². The van der Waals surface area contributed by atoms with Crippen molar-refractivity contribution in [2.24, 2.45) is 5.92 Å². The minimum absolute atomic E-state index is 0.423. The summed E-state index contributed by atoms with van der Waals surface area (Å²) < 4.78 is 11.1. The normalized spacial score (nSPS) is 14.4. The van der Waals surface area contributed by atoms with E-state index in [2.05, 4.69) is 17.2 Å². The van der Waals surface area contributed by atoms with Gasteiger partial charge >= 0.3 is 0 Å². The Hall–Kier alpha value is 0.427. The van der Waals surface area contributed by atoms with Crippen molar-refractivity contribution in [1.29, 1.82) is 0 Å². The summed E-state index contributed by atoms with van der Waals surface area (Å²) in [4.78, 5) is 0. The molecule has 0 bridgehead atoms. The van der Waals surface area contributed by atoms with E-state index < -0.39 is 5.41 Å². The van der Waals surface area contributed by atoms with Gasteiger partial charge in [-0.2, -0.15) is 0 Å². The van der Waals surface area contributed by atoms with Crippen LogP contribution < -0.4 is 0 Å². The maximum absolute atomic E-state index is 5.84. The smallest absolute Gasteiger partial charge is 0.144 e. The third kappa shape index (κ3) is 5.34. The lowest BCUT2D eigenvalue weighted by atomic mass is 10.0. The monoisotopic (exact) mass is 235 g/mol. The van der Waals surface area contributed by atoms with Crippen molar-refractivity contribution < 1.29 is 9.47 Å². The van der Waals surface area contributed by atoms with Crippen LogP contribution in [0, 0.1) is 5.92 Å². The predicted molar refractivity (Wildman–Crippen MR) is 60.9 cm³/mol. The van der Waals surface area contributed by atoms with E-state index >= 15 is 0 Å². The van der Waals surface area contributed by atoms with Crippen molar-refractivity contribution in [3.05, 3.63) is 0 Å². The zero-order chi connectivity index (χ0) is 11.0. The van der Waals surface area contributed by atoms with Gasteiger partial charge in [0.15, 0.2) is 0 Å². The average molecular weight is 236 g/mol. The molecular weight excluding hydrogens is 216 g/mol. The third-order valence-electron chi connectivity index (χ3n) is 2.11. The van der Waals surface area contributed by atoms with Gasteiger partial charge in [-0.3, -0.25) is 0 Å². The van der Waals surface area contributed by atoms with E-state index in [9.17, 15) is 0 Å². The van der Waals surface area contributed by atoms with Gasteiger partial charge in [0.2, 0.25) is 0 Å². The van der Waals surface area contributed by atoms with Gasteiger partial charge < -0.3 is 9.47 Å². The Labute approximate surface area is 95.7 Å². The van der Waals surface area contributed by atoms with Crippen molar-refractivity contribution in [2.45, 2.75) is 39.0 Å². The van der Waals surface area contributed by atoms with Gasteiger partial charge in [-0.25, -0.2) is 0 Å². The van der Waals surface area contributed by atoms with Crippen LogP contribution in [0.25, 0.3) is 0 Å². The molecule has 14 heavy (non-hydrogen) atoms. The maximum Gasteiger partial charge on any atom is 0.144 e. The van der Waals surface area contributed by atoms with Crippen LogP contribution in [-0.2, 0) is 9.47 Å². The van der Waals surface area contributed by atoms with Gasteiger partial charge in [-0.15, -0.1) is 11.6 Å². The molecule has 0 saturated heterocycles. The maximum atomic E-state index is 5.84. The first-order valence-electron chi connectivity index (χ1n) is 5.20. The molecule has 0 aromatic rings. The lowest BCUT2D eigenvalue weighted by Gasteiger charge is -2.32. The number of alkyl halides is 1. The van der Waals surface area contributed by atoms with Gasteiger partial charge in [0.05, 0.1) is 0 Å². The molecule has 2 nitrogen and oxygen atoms in total. The van der Waals surface area contributed by atoms with Crippen molar-refractivity contribution in [3.8, 4) is 0 Å². The molecule has 0 rings (SSSR count). The van der Waals surface area contributed by atoms with E-state index in [0.29, 0.717) is 25.0 Å². The molecule has 0 aliphatic heterocycles. The first-order valence-corrected chi connectivity index (χ1v) is 6.24. The number of ether oxygens (including phenoxy) is 2. The lowest BCUT2D eigenvalue weighted by molar-refractivity contribution is -0.182. The van der Waals surface area contributed by atoms with E-state index in [1.54, 1.807) is 0 Å². The van der Waals surface area contributed by atoms with Gasteiger partial charge in [-0.05, 0) is 19.8 Å². The second-order valence-electron chi connectivity index (χ2n) is 3.25. The molecular formula is C10H20ClO2Si. The lowest BCUT2D eigenvalue weighted by Crippen LogP contribution is -2.39. The molecule has 0 heterocycles. The molecule has 0 saturated carbocycles. The zero-order valence-corrected chi connectivity index (χ0v) is 11.1. The minimum Gasteiger partial charge on any atom is -0.355 e. The summed E-state index contributed by atoms with van der Waals surface area (Å²) in [5.41, 5.74) is -0.654. The van der Waals surface area contributed by atoms with Crippen LogP contribution in [0.15, 0.2) is 0 Å². The molecule has 0 fully saturated rings. The Morgan fingerprint density at radius 1 is 1.21 bits per heavy atom. The first kappa shape index (κ1) is 14.4. The fourth-order valence-corrected chi connectivity index (χ4v) is 2.22. The summed E-state index contributed by atoms with van der Waals surface area (Å²) in [6.07, 6.45) is 1.82. The molecule has 1 atom stereocenters. The molecule has 0 spiro atoms. The molecule has 0 amide bonds. The van der Waals surface area contributed by atoms with E-state index in [1.807, 2.05) is 13.8 Å². The summed E-state index contributed by atoms with van der Waals surface area (Å²) in [6, 6.07) is 0. The van der Waals surface area contributed by atoms with Gasteiger partial charge in [0.1, 0.15) is 15.7 Å². The van der Waals surface area contributed by atoms with Crippen LogP contribution in [0.2, 0.25) is 0 Å². The summed E-state index contributed by atoms with van der Waals surface area (Å²) in [7, 11) is 3.54. The fraction of sp³-hybridized carbons (Fsp3) is 1.00. The van der Waals surface area contributed by atoms with Crippen molar-refractivity contribution in [2.75, 3.05) is 19.1 Å². The second kappa shape index (κ2) is 7.68. The Balaban J connectivity index is 4.17. The van der Waals surface area contributed by atoms with Gasteiger partial charge in [-0.1, -0.05) is 13.3 Å². The molecule has 0 N–H and O–H groups in total. The molecule has 0 aliphatic rings. The highest BCUT2D eigenvalue weighted by Crippen LogP contribution is 2.23. The van der Waals surface area contributed by atoms with Crippen LogP contribution in [0.4, 0.5) is 0 Å². The Morgan fingerprint density at radius 3 is 2.00 bits per heavy atom.